The van der Waals surface area contributed by atoms with Crippen molar-refractivity contribution in [3.8, 4) is 0 Å². The second-order valence-corrected chi connectivity index (χ2v) is 3.99. The third-order valence-corrected chi connectivity index (χ3v) is 2.66. The number of rotatable bonds is 6. The number of aromatic nitrogens is 2. The summed E-state index contributed by atoms with van der Waals surface area (Å²) in [6.07, 6.45) is -0.0330. The van der Waals surface area contributed by atoms with Crippen LogP contribution in [0.1, 0.15) is 35.1 Å². The van der Waals surface area contributed by atoms with Gasteiger partial charge in [0.15, 0.2) is 5.69 Å². The summed E-state index contributed by atoms with van der Waals surface area (Å²) in [5.41, 5.74) is 1.48. The molecule has 1 atom stereocenters. The van der Waals surface area contributed by atoms with Crippen LogP contribution in [0.25, 0.3) is 0 Å². The lowest BCUT2D eigenvalue weighted by molar-refractivity contribution is -0.145. The third kappa shape index (κ3) is 3.54. The Bertz CT molecular complexity index is 508. The van der Waals surface area contributed by atoms with Crippen molar-refractivity contribution in [2.45, 2.75) is 32.7 Å². The van der Waals surface area contributed by atoms with Crippen LogP contribution < -0.4 is 5.32 Å². The molecule has 8 nitrogen and oxygen atoms in total. The molecular weight excluding hydrogens is 254 g/mol. The maximum Gasteiger partial charge on any atom is 0.326 e. The zero-order chi connectivity index (χ0) is 14.6. The van der Waals surface area contributed by atoms with Crippen LogP contribution in [0, 0.1) is 6.92 Å². The summed E-state index contributed by atoms with van der Waals surface area (Å²) in [4.78, 5) is 33.2. The summed E-state index contributed by atoms with van der Waals surface area (Å²) in [5, 5.41) is 26.0. The van der Waals surface area contributed by atoms with Gasteiger partial charge in [0, 0.05) is 11.3 Å². The van der Waals surface area contributed by atoms with E-state index in [0.717, 1.165) is 5.69 Å². The highest BCUT2D eigenvalue weighted by Crippen LogP contribution is 2.10. The number of aliphatic carboxylic acids is 2. The number of hydrogen-bond acceptors (Lipinski definition) is 4. The number of hydrogen-bond donors (Lipinski definition) is 4. The maximum atomic E-state index is 11.8. The summed E-state index contributed by atoms with van der Waals surface area (Å²) < 4.78 is 0. The Morgan fingerprint density at radius 1 is 1.37 bits per heavy atom. The molecule has 0 unspecified atom stereocenters. The number of carbonyl (C=O) groups excluding carboxylic acids is 1. The Labute approximate surface area is 108 Å². The Hall–Kier alpha value is -2.38. The van der Waals surface area contributed by atoms with Crippen LogP contribution in [0.4, 0.5) is 0 Å². The van der Waals surface area contributed by atoms with Crippen LogP contribution in [0.3, 0.4) is 0 Å². The molecule has 1 amide bonds. The lowest BCUT2D eigenvalue weighted by Crippen LogP contribution is -2.42. The molecule has 0 spiro atoms. The normalized spacial score (nSPS) is 11.9. The molecule has 8 heteroatoms. The van der Waals surface area contributed by atoms with E-state index in [0.29, 0.717) is 12.0 Å². The number of aromatic amines is 1. The molecule has 1 aromatic heterocycles. The Morgan fingerprint density at radius 2 is 2.00 bits per heavy atom. The number of amides is 1. The van der Waals surface area contributed by atoms with Crippen LogP contribution in [-0.2, 0) is 16.0 Å². The summed E-state index contributed by atoms with van der Waals surface area (Å²) in [6.45, 7) is 3.57. The first kappa shape index (κ1) is 14.7. The van der Waals surface area contributed by atoms with Gasteiger partial charge < -0.3 is 15.5 Å². The van der Waals surface area contributed by atoms with Crippen LogP contribution in [0.2, 0.25) is 0 Å². The highest BCUT2D eigenvalue weighted by Gasteiger charge is 2.25. The van der Waals surface area contributed by atoms with E-state index in [1.165, 1.54) is 0 Å². The van der Waals surface area contributed by atoms with Gasteiger partial charge in [-0.1, -0.05) is 6.92 Å². The Kier molecular flexibility index (Phi) is 4.62. The van der Waals surface area contributed by atoms with E-state index in [1.54, 1.807) is 6.92 Å². The first-order valence-corrected chi connectivity index (χ1v) is 5.66. The van der Waals surface area contributed by atoms with Crippen molar-refractivity contribution < 1.29 is 24.6 Å². The minimum absolute atomic E-state index is 0.0773. The van der Waals surface area contributed by atoms with Crippen molar-refractivity contribution in [3.63, 3.8) is 0 Å². The van der Waals surface area contributed by atoms with Gasteiger partial charge in [0.1, 0.15) is 6.04 Å². The van der Waals surface area contributed by atoms with E-state index in [1.807, 2.05) is 6.92 Å². The number of nitrogens with zero attached hydrogens (tertiary/aromatic N) is 1. The van der Waals surface area contributed by atoms with Crippen molar-refractivity contribution in [2.24, 2.45) is 0 Å². The molecule has 0 aliphatic heterocycles. The minimum atomic E-state index is -1.48. The number of carboxylic acids is 2. The van der Waals surface area contributed by atoms with Gasteiger partial charge in [0.25, 0.3) is 5.91 Å². The predicted octanol–water partition coefficient (Wildman–Crippen LogP) is -0.0618. The molecule has 1 rings (SSSR count). The van der Waals surface area contributed by atoms with Gasteiger partial charge in [0.05, 0.1) is 6.42 Å². The SMILES string of the molecule is CCc1[nH]nc(C(=O)N[C@@H](CC(=O)O)C(=O)O)c1C. The van der Waals surface area contributed by atoms with Crippen LogP contribution in [0.15, 0.2) is 0 Å². The molecule has 0 bridgehead atoms. The monoisotopic (exact) mass is 269 g/mol. The molecule has 104 valence electrons. The minimum Gasteiger partial charge on any atom is -0.481 e. The Balaban J connectivity index is 2.84. The van der Waals surface area contributed by atoms with E-state index in [9.17, 15) is 14.4 Å². The molecular formula is C11H15N3O5. The zero-order valence-corrected chi connectivity index (χ0v) is 10.6. The van der Waals surface area contributed by atoms with E-state index in [4.69, 9.17) is 10.2 Å². The lowest BCUT2D eigenvalue weighted by atomic mass is 10.1. The van der Waals surface area contributed by atoms with Crippen LogP contribution >= 0.6 is 0 Å². The van der Waals surface area contributed by atoms with Gasteiger partial charge in [-0.05, 0) is 13.3 Å². The molecule has 0 fully saturated rings. The molecule has 1 aromatic rings. The highest BCUT2D eigenvalue weighted by molar-refractivity contribution is 5.97. The fourth-order valence-electron chi connectivity index (χ4n) is 1.60. The van der Waals surface area contributed by atoms with Gasteiger partial charge in [0.2, 0.25) is 0 Å². The van der Waals surface area contributed by atoms with Crippen molar-refractivity contribution in [1.82, 2.24) is 15.5 Å². The number of carbonyl (C=O) groups is 3. The average Bonchev–Trinajstić information content (AvgIpc) is 2.68. The molecule has 0 radical (unpaired) electrons. The summed E-state index contributed by atoms with van der Waals surface area (Å²) >= 11 is 0. The van der Waals surface area contributed by atoms with Crippen LogP contribution in [-0.4, -0.2) is 44.3 Å². The number of H-pyrrole nitrogens is 1. The maximum absolute atomic E-state index is 11.8. The van der Waals surface area contributed by atoms with Gasteiger partial charge in [-0.2, -0.15) is 5.10 Å². The fourth-order valence-corrected chi connectivity index (χ4v) is 1.60. The third-order valence-electron chi connectivity index (χ3n) is 2.66. The zero-order valence-electron chi connectivity index (χ0n) is 10.6. The topological polar surface area (TPSA) is 132 Å². The molecule has 1 heterocycles. The van der Waals surface area contributed by atoms with E-state index in [-0.39, 0.29) is 5.69 Å². The molecule has 19 heavy (non-hydrogen) atoms. The van der Waals surface area contributed by atoms with Crippen LogP contribution in [0.5, 0.6) is 0 Å². The van der Waals surface area contributed by atoms with Gasteiger partial charge in [-0.3, -0.25) is 14.7 Å². The number of nitrogens with one attached hydrogen (secondary N) is 2. The quantitative estimate of drug-likeness (QED) is 0.571. The van der Waals surface area contributed by atoms with E-state index < -0.39 is 30.3 Å². The molecule has 0 aliphatic rings. The number of carboxylic acid groups (broad SMARTS) is 2. The molecule has 0 aliphatic carbocycles. The van der Waals surface area contributed by atoms with E-state index >= 15 is 0 Å². The Morgan fingerprint density at radius 3 is 2.42 bits per heavy atom. The lowest BCUT2D eigenvalue weighted by Gasteiger charge is -2.11. The molecule has 4 N–H and O–H groups in total. The van der Waals surface area contributed by atoms with Crippen molar-refractivity contribution in [2.75, 3.05) is 0 Å². The summed E-state index contributed by atoms with van der Waals surface area (Å²) in [7, 11) is 0. The van der Waals surface area contributed by atoms with Gasteiger partial charge in [-0.15, -0.1) is 0 Å². The second-order valence-electron chi connectivity index (χ2n) is 3.99. The molecule has 0 aromatic carbocycles. The smallest absolute Gasteiger partial charge is 0.326 e. The molecule has 0 saturated heterocycles. The standard InChI is InChI=1S/C11H15N3O5/c1-3-6-5(2)9(14-13-6)10(17)12-7(11(18)19)4-8(15)16/h7H,3-4H2,1-2H3,(H,12,17)(H,13,14)(H,15,16)(H,18,19)/t7-/m0/s1. The van der Waals surface area contributed by atoms with E-state index in [2.05, 4.69) is 15.5 Å². The second kappa shape index (κ2) is 5.98. The first-order chi connectivity index (χ1) is 8.86. The highest BCUT2D eigenvalue weighted by atomic mass is 16.4. The summed E-state index contributed by atoms with van der Waals surface area (Å²) in [5.74, 6) is -3.41. The summed E-state index contributed by atoms with van der Waals surface area (Å²) in [6, 6.07) is -1.48. The van der Waals surface area contributed by atoms with Crippen molar-refractivity contribution in [3.05, 3.63) is 17.0 Å². The predicted molar refractivity (Wildman–Crippen MR) is 63.8 cm³/mol. The van der Waals surface area contributed by atoms with Gasteiger partial charge in [-0.25, -0.2) is 4.79 Å². The largest absolute Gasteiger partial charge is 0.481 e. The average molecular weight is 269 g/mol. The molecule has 0 saturated carbocycles. The van der Waals surface area contributed by atoms with Crippen molar-refractivity contribution >= 4 is 17.8 Å². The van der Waals surface area contributed by atoms with Gasteiger partial charge >= 0.3 is 11.9 Å². The number of aryl methyl sites for hydroxylation is 1. The fraction of sp³-hybridized carbons (Fsp3) is 0.455. The first-order valence-electron chi connectivity index (χ1n) is 5.66. The van der Waals surface area contributed by atoms with Crippen molar-refractivity contribution in [1.29, 1.82) is 0 Å².